The summed E-state index contributed by atoms with van der Waals surface area (Å²) in [4.78, 5) is 17.2. The van der Waals surface area contributed by atoms with E-state index in [0.717, 1.165) is 80.9 Å². The zero-order chi connectivity index (χ0) is 25.9. The lowest BCUT2D eigenvalue weighted by molar-refractivity contribution is -0.120. The minimum absolute atomic E-state index is 0.0995. The lowest BCUT2D eigenvalue weighted by Crippen LogP contribution is -2.26. The van der Waals surface area contributed by atoms with Crippen LogP contribution >= 0.6 is 0 Å². The van der Waals surface area contributed by atoms with E-state index in [-0.39, 0.29) is 5.91 Å². The summed E-state index contributed by atoms with van der Waals surface area (Å²) in [7, 11) is 0. The fourth-order valence-corrected chi connectivity index (χ4v) is 4.69. The molecular weight excluding hydrogens is 458 g/mol. The Labute approximate surface area is 220 Å². The van der Waals surface area contributed by atoms with Gasteiger partial charge in [0.05, 0.1) is 24.1 Å². The van der Waals surface area contributed by atoms with Gasteiger partial charge in [-0.3, -0.25) is 4.79 Å². The van der Waals surface area contributed by atoms with E-state index < -0.39 is 0 Å². The van der Waals surface area contributed by atoms with Crippen LogP contribution in [0.2, 0.25) is 0 Å². The van der Waals surface area contributed by atoms with Gasteiger partial charge >= 0.3 is 0 Å². The van der Waals surface area contributed by atoms with Crippen LogP contribution in [-0.2, 0) is 24.2 Å². The molecule has 0 unspecified atom stereocenters. The molecule has 1 aromatic heterocycles. The van der Waals surface area contributed by atoms with Crippen LogP contribution < -0.4 is 10.1 Å². The quantitative estimate of drug-likeness (QED) is 0.200. The molecule has 0 atom stereocenters. The first kappa shape index (κ1) is 26.5. The van der Waals surface area contributed by atoms with Gasteiger partial charge in [-0.2, -0.15) is 0 Å². The van der Waals surface area contributed by atoms with E-state index in [1.54, 1.807) is 0 Å². The van der Waals surface area contributed by atoms with E-state index in [9.17, 15) is 4.79 Å². The number of fused-ring (bicyclic) bond motifs is 1. The van der Waals surface area contributed by atoms with Gasteiger partial charge in [0, 0.05) is 19.5 Å². The number of rotatable bonds is 14. The lowest BCUT2D eigenvalue weighted by Gasteiger charge is -2.11. The van der Waals surface area contributed by atoms with Gasteiger partial charge in [-0.15, -0.1) is 0 Å². The molecule has 0 fully saturated rings. The number of nitrogens with one attached hydrogen (secondary N) is 1. The highest BCUT2D eigenvalue weighted by Gasteiger charge is 2.10. The number of aryl methyl sites for hydroxylation is 4. The van der Waals surface area contributed by atoms with E-state index in [1.807, 2.05) is 30.3 Å². The smallest absolute Gasteiger partial charge is 0.224 e. The topological polar surface area (TPSA) is 56.1 Å². The van der Waals surface area contributed by atoms with Crippen molar-refractivity contribution >= 4 is 16.9 Å². The first-order chi connectivity index (χ1) is 18.1. The fourth-order valence-electron chi connectivity index (χ4n) is 4.69. The van der Waals surface area contributed by atoms with Crippen molar-refractivity contribution < 1.29 is 9.53 Å². The SMILES string of the molecule is Cc1cccc(OCCCCn2c(CCCCCNC(=O)Cc3ccccc3C)nc3ccccc32)c1. The van der Waals surface area contributed by atoms with Crippen LogP contribution in [0.25, 0.3) is 11.0 Å². The number of hydrogen-bond donors (Lipinski definition) is 1. The summed E-state index contributed by atoms with van der Waals surface area (Å²) in [6.45, 7) is 6.53. The molecule has 0 saturated heterocycles. The molecule has 1 amide bonds. The standard InChI is InChI=1S/C32H39N3O2/c1-25-13-12-16-28(23-25)37-22-11-10-21-35-30-18-8-7-17-29(30)34-31(35)19-4-3-9-20-33-32(36)24-27-15-6-5-14-26(27)2/h5-8,12-18,23H,3-4,9-11,19-22,24H2,1-2H3,(H,33,36). The number of ether oxygens (including phenoxy) is 1. The number of nitrogens with zero attached hydrogens (tertiary/aromatic N) is 2. The Morgan fingerprint density at radius 3 is 2.59 bits per heavy atom. The summed E-state index contributed by atoms with van der Waals surface area (Å²) < 4.78 is 8.31. The first-order valence-corrected chi connectivity index (χ1v) is 13.5. The second kappa shape index (κ2) is 13.6. The number of imidazole rings is 1. The van der Waals surface area contributed by atoms with Crippen molar-refractivity contribution in [3.8, 4) is 5.75 Å². The maximum Gasteiger partial charge on any atom is 0.224 e. The Kier molecular flexibility index (Phi) is 9.75. The zero-order valence-corrected chi connectivity index (χ0v) is 22.2. The summed E-state index contributed by atoms with van der Waals surface area (Å²) in [5.74, 6) is 2.20. The second-order valence-electron chi connectivity index (χ2n) is 9.80. The highest BCUT2D eigenvalue weighted by molar-refractivity contribution is 5.78. The molecule has 1 heterocycles. The molecule has 0 saturated carbocycles. The van der Waals surface area contributed by atoms with E-state index in [2.05, 4.69) is 66.2 Å². The number of hydrogen-bond acceptors (Lipinski definition) is 3. The van der Waals surface area contributed by atoms with E-state index in [1.165, 1.54) is 16.6 Å². The summed E-state index contributed by atoms with van der Waals surface area (Å²) in [5, 5.41) is 3.07. The molecule has 37 heavy (non-hydrogen) atoms. The average Bonchev–Trinajstić information content (AvgIpc) is 3.24. The third-order valence-electron chi connectivity index (χ3n) is 6.78. The molecule has 4 rings (SSSR count). The minimum Gasteiger partial charge on any atom is -0.494 e. The summed E-state index contributed by atoms with van der Waals surface area (Å²) in [6, 6.07) is 24.7. The van der Waals surface area contributed by atoms with Gasteiger partial charge in [0.15, 0.2) is 0 Å². The zero-order valence-electron chi connectivity index (χ0n) is 22.2. The molecule has 0 radical (unpaired) electrons. The van der Waals surface area contributed by atoms with Crippen molar-refractivity contribution in [2.45, 2.75) is 65.3 Å². The van der Waals surface area contributed by atoms with Gasteiger partial charge in [0.1, 0.15) is 11.6 Å². The Morgan fingerprint density at radius 2 is 1.73 bits per heavy atom. The predicted octanol–water partition coefficient (Wildman–Crippen LogP) is 6.58. The van der Waals surface area contributed by atoms with Crippen LogP contribution in [0.15, 0.2) is 72.8 Å². The molecule has 4 aromatic rings. The van der Waals surface area contributed by atoms with Gasteiger partial charge in [-0.25, -0.2) is 4.98 Å². The Bertz CT molecular complexity index is 1290. The van der Waals surface area contributed by atoms with Crippen molar-refractivity contribution in [2.24, 2.45) is 0 Å². The maximum atomic E-state index is 12.3. The number of para-hydroxylation sites is 2. The molecule has 3 aromatic carbocycles. The van der Waals surface area contributed by atoms with Crippen LogP contribution in [0.5, 0.6) is 5.75 Å². The lowest BCUT2D eigenvalue weighted by atomic mass is 10.1. The van der Waals surface area contributed by atoms with Gasteiger partial charge in [-0.1, -0.05) is 55.0 Å². The summed E-state index contributed by atoms with van der Waals surface area (Å²) in [6.07, 6.45) is 6.56. The number of benzene rings is 3. The van der Waals surface area contributed by atoms with E-state index in [0.29, 0.717) is 6.42 Å². The molecule has 0 bridgehead atoms. The molecule has 0 aliphatic rings. The van der Waals surface area contributed by atoms with Crippen molar-refractivity contribution in [3.05, 3.63) is 95.3 Å². The maximum absolute atomic E-state index is 12.3. The van der Waals surface area contributed by atoms with Crippen molar-refractivity contribution in [1.82, 2.24) is 14.9 Å². The van der Waals surface area contributed by atoms with Crippen LogP contribution in [0, 0.1) is 13.8 Å². The highest BCUT2D eigenvalue weighted by atomic mass is 16.5. The second-order valence-corrected chi connectivity index (χ2v) is 9.80. The molecule has 0 aliphatic heterocycles. The summed E-state index contributed by atoms with van der Waals surface area (Å²) >= 11 is 0. The monoisotopic (exact) mass is 497 g/mol. The highest BCUT2D eigenvalue weighted by Crippen LogP contribution is 2.19. The van der Waals surface area contributed by atoms with E-state index >= 15 is 0 Å². The number of amides is 1. The number of unbranched alkanes of at least 4 members (excludes halogenated alkanes) is 3. The van der Waals surface area contributed by atoms with Gasteiger partial charge in [-0.05, 0) is 80.5 Å². The van der Waals surface area contributed by atoms with Crippen LogP contribution in [0.3, 0.4) is 0 Å². The predicted molar refractivity (Wildman–Crippen MR) is 151 cm³/mol. The largest absolute Gasteiger partial charge is 0.494 e. The van der Waals surface area contributed by atoms with Gasteiger partial charge < -0.3 is 14.6 Å². The summed E-state index contributed by atoms with van der Waals surface area (Å²) in [5.41, 5.74) is 5.76. The Balaban J connectivity index is 1.19. The molecule has 5 heteroatoms. The fraction of sp³-hybridized carbons (Fsp3) is 0.375. The molecule has 5 nitrogen and oxygen atoms in total. The van der Waals surface area contributed by atoms with E-state index in [4.69, 9.17) is 9.72 Å². The molecule has 0 spiro atoms. The van der Waals surface area contributed by atoms with Crippen LogP contribution in [-0.4, -0.2) is 28.6 Å². The van der Waals surface area contributed by atoms with Crippen LogP contribution in [0.4, 0.5) is 0 Å². The molecule has 1 N–H and O–H groups in total. The van der Waals surface area contributed by atoms with Crippen molar-refractivity contribution in [2.75, 3.05) is 13.2 Å². The van der Waals surface area contributed by atoms with Gasteiger partial charge in [0.2, 0.25) is 5.91 Å². The number of aromatic nitrogens is 2. The van der Waals surface area contributed by atoms with Gasteiger partial charge in [0.25, 0.3) is 0 Å². The normalized spacial score (nSPS) is 11.1. The minimum atomic E-state index is 0.0995. The molecular formula is C32H39N3O2. The van der Waals surface area contributed by atoms with Crippen molar-refractivity contribution in [3.63, 3.8) is 0 Å². The molecule has 194 valence electrons. The Morgan fingerprint density at radius 1 is 0.892 bits per heavy atom. The van der Waals surface area contributed by atoms with Crippen LogP contribution in [0.1, 0.15) is 54.6 Å². The number of carbonyl (C=O) groups is 1. The average molecular weight is 498 g/mol. The number of carbonyl (C=O) groups excluding carboxylic acids is 1. The first-order valence-electron chi connectivity index (χ1n) is 13.5. The third kappa shape index (κ3) is 7.94. The van der Waals surface area contributed by atoms with Crippen molar-refractivity contribution in [1.29, 1.82) is 0 Å². The Hall–Kier alpha value is -3.60. The molecule has 0 aliphatic carbocycles. The third-order valence-corrected chi connectivity index (χ3v) is 6.78.